The average molecular weight is 413 g/mol. The van der Waals surface area contributed by atoms with Gasteiger partial charge in [-0.25, -0.2) is 8.42 Å². The number of hydrogen-bond acceptors (Lipinski definition) is 4. The number of thioether (sulfide) groups is 1. The van der Waals surface area contributed by atoms with Crippen molar-refractivity contribution < 1.29 is 8.42 Å². The topological polar surface area (TPSA) is 40.6 Å². The lowest BCUT2D eigenvalue weighted by atomic mass is 10.1. The van der Waals surface area contributed by atoms with Crippen LogP contribution in [0, 0.1) is 6.92 Å². The third kappa shape index (κ3) is 4.19. The maximum atomic E-state index is 12.8. The van der Waals surface area contributed by atoms with Crippen LogP contribution in [0.3, 0.4) is 0 Å². The lowest BCUT2D eigenvalue weighted by Gasteiger charge is -2.36. The summed E-state index contributed by atoms with van der Waals surface area (Å²) in [5.74, 6) is 0. The van der Waals surface area contributed by atoms with Gasteiger partial charge in [0.15, 0.2) is 0 Å². The molecule has 0 spiro atoms. The van der Waals surface area contributed by atoms with Crippen LogP contribution in [0.5, 0.6) is 0 Å². The minimum absolute atomic E-state index is 0.0791. The Bertz CT molecular complexity index is 1070. The van der Waals surface area contributed by atoms with Crippen LogP contribution in [0.15, 0.2) is 71.6 Å². The molecular formula is C22H24N2O2S2. The van der Waals surface area contributed by atoms with E-state index in [0.717, 1.165) is 23.4 Å². The summed E-state index contributed by atoms with van der Waals surface area (Å²) in [5, 5.41) is 2.38. The van der Waals surface area contributed by atoms with Crippen LogP contribution in [0.4, 0.5) is 5.69 Å². The van der Waals surface area contributed by atoms with E-state index in [9.17, 15) is 8.42 Å². The van der Waals surface area contributed by atoms with E-state index in [2.05, 4.69) is 42.2 Å². The number of hydrogen-bond donors (Lipinski definition) is 0. The van der Waals surface area contributed by atoms with Gasteiger partial charge in [0.2, 0.25) is 10.0 Å². The maximum absolute atomic E-state index is 12.8. The average Bonchev–Trinajstić information content (AvgIpc) is 2.73. The molecule has 0 bridgehead atoms. The van der Waals surface area contributed by atoms with Crippen molar-refractivity contribution in [3.8, 4) is 0 Å². The molecule has 0 amide bonds. The van der Waals surface area contributed by atoms with Crippen molar-refractivity contribution in [3.05, 3.63) is 72.3 Å². The molecule has 0 radical (unpaired) electrons. The molecule has 0 aliphatic carbocycles. The van der Waals surface area contributed by atoms with E-state index in [0.29, 0.717) is 13.1 Å². The highest BCUT2D eigenvalue weighted by atomic mass is 32.3. The van der Waals surface area contributed by atoms with Gasteiger partial charge in [-0.05, 0) is 41.5 Å². The molecule has 4 rings (SSSR count). The second-order valence-corrected chi connectivity index (χ2v) is 10.4. The molecule has 0 atom stereocenters. The molecule has 1 aliphatic heterocycles. The molecule has 0 saturated carbocycles. The van der Waals surface area contributed by atoms with E-state index in [-0.39, 0.29) is 5.08 Å². The lowest BCUT2D eigenvalue weighted by molar-refractivity contribution is 0.387. The van der Waals surface area contributed by atoms with Gasteiger partial charge in [-0.1, -0.05) is 48.5 Å². The zero-order valence-corrected chi connectivity index (χ0v) is 17.5. The van der Waals surface area contributed by atoms with E-state index in [4.69, 9.17) is 0 Å². The highest BCUT2D eigenvalue weighted by Gasteiger charge is 2.27. The number of fused-ring (bicyclic) bond motifs is 1. The molecule has 0 unspecified atom stereocenters. The molecule has 3 aromatic carbocycles. The van der Waals surface area contributed by atoms with Crippen molar-refractivity contribution in [3.63, 3.8) is 0 Å². The molecule has 146 valence electrons. The van der Waals surface area contributed by atoms with Crippen molar-refractivity contribution in [1.29, 1.82) is 0 Å². The summed E-state index contributed by atoms with van der Waals surface area (Å²) < 4.78 is 27.3. The van der Waals surface area contributed by atoms with Gasteiger partial charge in [-0.2, -0.15) is 4.31 Å². The van der Waals surface area contributed by atoms with Crippen LogP contribution in [0.1, 0.15) is 5.56 Å². The van der Waals surface area contributed by atoms with E-state index >= 15 is 0 Å². The number of sulfonamides is 1. The number of anilines is 1. The number of para-hydroxylation sites is 1. The second kappa shape index (κ2) is 8.15. The minimum atomic E-state index is -3.28. The number of benzene rings is 3. The number of piperazine rings is 1. The third-order valence-electron chi connectivity index (χ3n) is 5.18. The Kier molecular flexibility index (Phi) is 5.62. The van der Waals surface area contributed by atoms with Crippen LogP contribution in [0.2, 0.25) is 0 Å². The zero-order chi connectivity index (χ0) is 19.6. The minimum Gasteiger partial charge on any atom is -0.369 e. The summed E-state index contributed by atoms with van der Waals surface area (Å²) >= 11 is 1.39. The quantitative estimate of drug-likeness (QED) is 0.584. The Morgan fingerprint density at radius 2 is 1.54 bits per heavy atom. The van der Waals surface area contributed by atoms with Gasteiger partial charge in [0.05, 0.1) is 0 Å². The molecular weight excluding hydrogens is 388 g/mol. The molecule has 1 fully saturated rings. The molecule has 6 heteroatoms. The molecule has 4 nitrogen and oxygen atoms in total. The van der Waals surface area contributed by atoms with Crippen LogP contribution >= 0.6 is 11.8 Å². The Morgan fingerprint density at radius 1 is 0.857 bits per heavy atom. The molecule has 28 heavy (non-hydrogen) atoms. The molecule has 1 aliphatic rings. The Morgan fingerprint density at radius 3 is 2.29 bits per heavy atom. The van der Waals surface area contributed by atoms with Crippen molar-refractivity contribution in [1.82, 2.24) is 4.31 Å². The van der Waals surface area contributed by atoms with Crippen molar-refractivity contribution in [2.75, 3.05) is 36.2 Å². The first-order valence-corrected chi connectivity index (χ1v) is 12.0. The second-order valence-electron chi connectivity index (χ2n) is 7.06. The first-order valence-electron chi connectivity index (χ1n) is 9.43. The summed E-state index contributed by atoms with van der Waals surface area (Å²) in [5.41, 5.74) is 2.43. The number of nitrogens with zero attached hydrogens (tertiary/aromatic N) is 2. The predicted octanol–water partition coefficient (Wildman–Crippen LogP) is 4.35. The van der Waals surface area contributed by atoms with Gasteiger partial charge in [0.1, 0.15) is 5.08 Å². The van der Waals surface area contributed by atoms with Gasteiger partial charge in [0.25, 0.3) is 0 Å². The highest BCUT2D eigenvalue weighted by molar-refractivity contribution is 8.11. The fraction of sp³-hybridized carbons (Fsp3) is 0.273. The largest absolute Gasteiger partial charge is 0.369 e. The van der Waals surface area contributed by atoms with Gasteiger partial charge in [0, 0.05) is 36.8 Å². The number of rotatable bonds is 5. The van der Waals surface area contributed by atoms with Crippen LogP contribution in [-0.4, -0.2) is 44.0 Å². The predicted molar refractivity (Wildman–Crippen MR) is 119 cm³/mol. The Labute approximate surface area is 171 Å². The van der Waals surface area contributed by atoms with E-state index in [1.165, 1.54) is 28.4 Å². The summed E-state index contributed by atoms with van der Waals surface area (Å²) in [4.78, 5) is 3.26. The Hall–Kier alpha value is -2.02. The fourth-order valence-electron chi connectivity index (χ4n) is 3.60. The van der Waals surface area contributed by atoms with Crippen molar-refractivity contribution in [2.24, 2.45) is 0 Å². The third-order valence-corrected chi connectivity index (χ3v) is 8.59. The van der Waals surface area contributed by atoms with E-state index < -0.39 is 10.0 Å². The van der Waals surface area contributed by atoms with Crippen LogP contribution in [-0.2, 0) is 10.0 Å². The maximum Gasteiger partial charge on any atom is 0.223 e. The normalized spacial score (nSPS) is 15.8. The smallest absolute Gasteiger partial charge is 0.223 e. The van der Waals surface area contributed by atoms with Gasteiger partial charge in [-0.15, -0.1) is 11.8 Å². The summed E-state index contributed by atoms with van der Waals surface area (Å²) in [6, 6.07) is 22.5. The van der Waals surface area contributed by atoms with Gasteiger partial charge >= 0.3 is 0 Å². The Balaban J connectivity index is 1.38. The van der Waals surface area contributed by atoms with Crippen molar-refractivity contribution in [2.45, 2.75) is 11.8 Å². The SMILES string of the molecule is Cc1ccccc1N1CCN(S(=O)(=O)CSc2ccc3ccccc3c2)CC1. The van der Waals surface area contributed by atoms with Gasteiger partial charge in [-0.3, -0.25) is 0 Å². The van der Waals surface area contributed by atoms with E-state index in [1.54, 1.807) is 4.31 Å². The monoisotopic (exact) mass is 412 g/mol. The number of aryl methyl sites for hydroxylation is 1. The van der Waals surface area contributed by atoms with E-state index in [1.807, 2.05) is 36.4 Å². The van der Waals surface area contributed by atoms with Crippen LogP contribution < -0.4 is 4.90 Å². The molecule has 0 N–H and O–H groups in total. The fourth-order valence-corrected chi connectivity index (χ4v) is 6.43. The molecule has 3 aromatic rings. The van der Waals surface area contributed by atoms with Crippen LogP contribution in [0.25, 0.3) is 10.8 Å². The van der Waals surface area contributed by atoms with Gasteiger partial charge < -0.3 is 4.90 Å². The summed E-state index contributed by atoms with van der Waals surface area (Å²) in [6.45, 7) is 4.62. The molecule has 1 heterocycles. The molecule has 1 saturated heterocycles. The first kappa shape index (κ1) is 19.3. The molecule has 0 aromatic heterocycles. The lowest BCUT2D eigenvalue weighted by Crippen LogP contribution is -2.49. The summed E-state index contributed by atoms with van der Waals surface area (Å²) in [7, 11) is -3.28. The highest BCUT2D eigenvalue weighted by Crippen LogP contribution is 2.27. The zero-order valence-electron chi connectivity index (χ0n) is 15.9. The standard InChI is InChI=1S/C22H24N2O2S2/c1-18-6-2-5-9-22(18)23-12-14-24(15-13-23)28(25,26)17-27-21-11-10-19-7-3-4-8-20(19)16-21/h2-11,16H,12-15,17H2,1H3. The first-order chi connectivity index (χ1) is 13.5. The van der Waals surface area contributed by atoms with Crippen molar-refractivity contribution >= 4 is 38.2 Å². The summed E-state index contributed by atoms with van der Waals surface area (Å²) in [6.07, 6.45) is 0.